The first kappa shape index (κ1) is 17.3. The van der Waals surface area contributed by atoms with E-state index in [4.69, 9.17) is 4.42 Å². The molecule has 0 saturated heterocycles. The van der Waals surface area contributed by atoms with Gasteiger partial charge in [0.1, 0.15) is 5.76 Å². The zero-order chi connectivity index (χ0) is 15.0. The first-order chi connectivity index (χ1) is 9.60. The lowest BCUT2D eigenvalue weighted by molar-refractivity contribution is 0.146. The highest BCUT2D eigenvalue weighted by molar-refractivity contribution is 5.12. The summed E-state index contributed by atoms with van der Waals surface area (Å²) in [4.78, 5) is 2.57. The highest BCUT2D eigenvalue weighted by Gasteiger charge is 2.18. The second-order valence-corrected chi connectivity index (χ2v) is 6.00. The largest absolute Gasteiger partial charge is 0.468 e. The molecule has 0 spiro atoms. The quantitative estimate of drug-likeness (QED) is 0.701. The van der Waals surface area contributed by atoms with Crippen molar-refractivity contribution in [2.45, 2.75) is 66.6 Å². The van der Waals surface area contributed by atoms with Gasteiger partial charge in [0.05, 0.1) is 12.8 Å². The van der Waals surface area contributed by atoms with Crippen LogP contribution in [0.1, 0.15) is 58.8 Å². The summed E-state index contributed by atoms with van der Waals surface area (Å²) in [5.41, 5.74) is 1.25. The van der Waals surface area contributed by atoms with E-state index in [-0.39, 0.29) is 0 Å². The monoisotopic (exact) mass is 280 g/mol. The van der Waals surface area contributed by atoms with Crippen LogP contribution in [-0.4, -0.2) is 24.0 Å². The molecule has 1 rings (SSSR count). The molecule has 0 amide bonds. The van der Waals surface area contributed by atoms with Crippen molar-refractivity contribution in [1.82, 2.24) is 10.2 Å². The van der Waals surface area contributed by atoms with Crippen LogP contribution >= 0.6 is 0 Å². The second-order valence-electron chi connectivity index (χ2n) is 6.00. The lowest BCUT2D eigenvalue weighted by Crippen LogP contribution is -2.36. The smallest absolute Gasteiger partial charge is 0.118 e. The molecule has 3 nitrogen and oxygen atoms in total. The van der Waals surface area contributed by atoms with Crippen LogP contribution < -0.4 is 5.32 Å². The summed E-state index contributed by atoms with van der Waals surface area (Å²) in [6.07, 6.45) is 4.29. The van der Waals surface area contributed by atoms with Gasteiger partial charge >= 0.3 is 0 Å². The first-order valence-corrected chi connectivity index (χ1v) is 8.11. The van der Waals surface area contributed by atoms with E-state index in [0.29, 0.717) is 12.0 Å². The molecule has 0 aliphatic heterocycles. The molecule has 116 valence electrons. The minimum Gasteiger partial charge on any atom is -0.468 e. The van der Waals surface area contributed by atoms with Crippen molar-refractivity contribution in [3.05, 3.63) is 23.7 Å². The molecule has 1 aromatic heterocycles. The lowest BCUT2D eigenvalue weighted by atomic mass is 10.1. The van der Waals surface area contributed by atoms with Gasteiger partial charge in [-0.05, 0) is 31.4 Å². The summed E-state index contributed by atoms with van der Waals surface area (Å²) in [7, 11) is 0. The average molecular weight is 280 g/mol. The molecule has 0 aliphatic rings. The lowest BCUT2D eigenvalue weighted by Gasteiger charge is -2.31. The fourth-order valence-corrected chi connectivity index (χ4v) is 2.69. The van der Waals surface area contributed by atoms with E-state index < -0.39 is 0 Å². The van der Waals surface area contributed by atoms with Gasteiger partial charge in [-0.3, -0.25) is 4.90 Å². The summed E-state index contributed by atoms with van der Waals surface area (Å²) in [5.74, 6) is 1.78. The van der Waals surface area contributed by atoms with Crippen LogP contribution in [0.15, 0.2) is 16.7 Å². The second kappa shape index (κ2) is 9.19. The first-order valence-electron chi connectivity index (χ1n) is 8.11. The van der Waals surface area contributed by atoms with Gasteiger partial charge in [0, 0.05) is 24.7 Å². The summed E-state index contributed by atoms with van der Waals surface area (Å²) in [6.45, 7) is 15.2. The molecular weight excluding hydrogens is 248 g/mol. The molecule has 0 unspecified atom stereocenters. The van der Waals surface area contributed by atoms with Crippen molar-refractivity contribution < 1.29 is 4.42 Å². The Morgan fingerprint density at radius 1 is 1.20 bits per heavy atom. The minimum atomic E-state index is 0.653. The predicted molar refractivity (Wildman–Crippen MR) is 85.7 cm³/mol. The topological polar surface area (TPSA) is 28.4 Å². The van der Waals surface area contributed by atoms with E-state index in [0.717, 1.165) is 31.9 Å². The Morgan fingerprint density at radius 3 is 2.45 bits per heavy atom. The van der Waals surface area contributed by atoms with Gasteiger partial charge in [0.2, 0.25) is 0 Å². The molecule has 0 bridgehead atoms. The molecule has 1 aromatic rings. The van der Waals surface area contributed by atoms with Crippen LogP contribution in [0, 0.1) is 5.92 Å². The molecule has 1 N–H and O–H groups in total. The molecule has 20 heavy (non-hydrogen) atoms. The zero-order valence-corrected chi connectivity index (χ0v) is 13.9. The summed E-state index contributed by atoms with van der Waals surface area (Å²) < 4.78 is 5.73. The van der Waals surface area contributed by atoms with E-state index in [1.807, 2.05) is 6.26 Å². The highest BCUT2D eigenvalue weighted by Crippen LogP contribution is 2.17. The van der Waals surface area contributed by atoms with Gasteiger partial charge < -0.3 is 9.73 Å². The summed E-state index contributed by atoms with van der Waals surface area (Å²) in [5, 5.41) is 3.33. The van der Waals surface area contributed by atoms with Crippen LogP contribution in [0.3, 0.4) is 0 Å². The fraction of sp³-hybridized carbons (Fsp3) is 0.765. The number of nitrogens with one attached hydrogen (secondary N) is 1. The average Bonchev–Trinajstić information content (AvgIpc) is 2.84. The Morgan fingerprint density at radius 2 is 1.90 bits per heavy atom. The fourth-order valence-electron chi connectivity index (χ4n) is 2.69. The molecule has 0 saturated carbocycles. The SMILES string of the molecule is CCNCc1coc(CN(CC(C)C)C(CC)CC)c1. The van der Waals surface area contributed by atoms with Crippen LogP contribution in [0.25, 0.3) is 0 Å². The molecule has 0 radical (unpaired) electrons. The maximum absolute atomic E-state index is 5.73. The van der Waals surface area contributed by atoms with E-state index >= 15 is 0 Å². The minimum absolute atomic E-state index is 0.653. The van der Waals surface area contributed by atoms with Crippen LogP contribution in [0.2, 0.25) is 0 Å². The summed E-state index contributed by atoms with van der Waals surface area (Å²) in [6, 6.07) is 2.85. The van der Waals surface area contributed by atoms with E-state index in [1.54, 1.807) is 0 Å². The van der Waals surface area contributed by atoms with Crippen molar-refractivity contribution in [3.63, 3.8) is 0 Å². The van der Waals surface area contributed by atoms with Gasteiger partial charge in [-0.15, -0.1) is 0 Å². The molecular formula is C17H32N2O. The van der Waals surface area contributed by atoms with Crippen molar-refractivity contribution >= 4 is 0 Å². The standard InChI is InChI=1S/C17H32N2O/c1-6-16(7-2)19(11-14(4)5)12-17-9-15(13-20-17)10-18-8-3/h9,13-14,16,18H,6-8,10-12H2,1-5H3. The van der Waals surface area contributed by atoms with Crippen molar-refractivity contribution in [2.24, 2.45) is 5.92 Å². The van der Waals surface area contributed by atoms with Crippen molar-refractivity contribution in [2.75, 3.05) is 13.1 Å². The van der Waals surface area contributed by atoms with Crippen LogP contribution in [0.4, 0.5) is 0 Å². The molecule has 0 fully saturated rings. The summed E-state index contributed by atoms with van der Waals surface area (Å²) >= 11 is 0. The van der Waals surface area contributed by atoms with Gasteiger partial charge in [-0.2, -0.15) is 0 Å². The van der Waals surface area contributed by atoms with Crippen molar-refractivity contribution in [1.29, 1.82) is 0 Å². The van der Waals surface area contributed by atoms with Gasteiger partial charge in [0.15, 0.2) is 0 Å². The van der Waals surface area contributed by atoms with E-state index in [2.05, 4.69) is 50.9 Å². The number of furan rings is 1. The molecule has 0 aliphatic carbocycles. The third-order valence-corrected chi connectivity index (χ3v) is 3.70. The molecule has 0 atom stereocenters. The van der Waals surface area contributed by atoms with E-state index in [9.17, 15) is 0 Å². The Bertz CT molecular complexity index is 356. The zero-order valence-electron chi connectivity index (χ0n) is 13.9. The Balaban J connectivity index is 2.65. The Kier molecular flexibility index (Phi) is 7.93. The van der Waals surface area contributed by atoms with Crippen LogP contribution in [0.5, 0.6) is 0 Å². The maximum atomic E-state index is 5.73. The Labute approximate surface area is 124 Å². The third-order valence-electron chi connectivity index (χ3n) is 3.70. The van der Waals surface area contributed by atoms with Gasteiger partial charge in [-0.25, -0.2) is 0 Å². The third kappa shape index (κ3) is 5.68. The van der Waals surface area contributed by atoms with Gasteiger partial charge in [-0.1, -0.05) is 34.6 Å². The molecule has 1 heterocycles. The number of hydrogen-bond donors (Lipinski definition) is 1. The molecule has 0 aromatic carbocycles. The predicted octanol–water partition coefficient (Wildman–Crippen LogP) is 4.04. The molecule has 3 heteroatoms. The Hall–Kier alpha value is -0.800. The van der Waals surface area contributed by atoms with E-state index in [1.165, 1.54) is 18.4 Å². The normalized spacial score (nSPS) is 12.0. The maximum Gasteiger partial charge on any atom is 0.118 e. The number of nitrogens with zero attached hydrogens (tertiary/aromatic N) is 1. The number of rotatable bonds is 10. The van der Waals surface area contributed by atoms with Gasteiger partial charge in [0.25, 0.3) is 0 Å². The highest BCUT2D eigenvalue weighted by atomic mass is 16.3. The number of hydrogen-bond acceptors (Lipinski definition) is 3. The van der Waals surface area contributed by atoms with Crippen LogP contribution in [-0.2, 0) is 13.1 Å². The van der Waals surface area contributed by atoms with Crippen molar-refractivity contribution in [3.8, 4) is 0 Å².